The molecule has 0 bridgehead atoms. The van der Waals surface area contributed by atoms with Crippen molar-refractivity contribution in [2.24, 2.45) is 0 Å². The fraction of sp³-hybridized carbons (Fsp3) is 0.222. The first-order valence-corrected chi connectivity index (χ1v) is 7.29. The summed E-state index contributed by atoms with van der Waals surface area (Å²) in [5.41, 5.74) is 3.11. The van der Waals surface area contributed by atoms with E-state index in [1.807, 2.05) is 37.3 Å². The first-order valence-electron chi connectivity index (χ1n) is 7.29. The molecule has 0 unspecified atom stereocenters. The van der Waals surface area contributed by atoms with Crippen LogP contribution >= 0.6 is 0 Å². The van der Waals surface area contributed by atoms with E-state index >= 15 is 0 Å². The minimum Gasteiger partial charge on any atom is -0.497 e. The molecule has 23 heavy (non-hydrogen) atoms. The van der Waals surface area contributed by atoms with Gasteiger partial charge >= 0.3 is 0 Å². The van der Waals surface area contributed by atoms with Crippen molar-refractivity contribution >= 4 is 23.2 Å². The lowest BCUT2D eigenvalue weighted by Crippen LogP contribution is -2.16. The number of carbonyl (C=O) groups is 2. The Kier molecular flexibility index (Phi) is 5.36. The normalized spacial score (nSPS) is 10.0. The summed E-state index contributed by atoms with van der Waals surface area (Å²) in [5, 5.41) is 5.62. The average molecular weight is 312 g/mol. The highest BCUT2D eigenvalue weighted by atomic mass is 16.5. The van der Waals surface area contributed by atoms with Gasteiger partial charge in [-0.15, -0.1) is 0 Å². The Bertz CT molecular complexity index is 709. The molecule has 0 atom stereocenters. The van der Waals surface area contributed by atoms with Gasteiger partial charge in [0.25, 0.3) is 0 Å². The van der Waals surface area contributed by atoms with Crippen molar-refractivity contribution in [1.29, 1.82) is 0 Å². The number of benzene rings is 2. The minimum atomic E-state index is -0.144. The van der Waals surface area contributed by atoms with Crippen LogP contribution in [0.25, 0.3) is 0 Å². The molecule has 2 aromatic rings. The van der Waals surface area contributed by atoms with Crippen LogP contribution in [0.5, 0.6) is 5.75 Å². The molecule has 5 nitrogen and oxygen atoms in total. The highest BCUT2D eigenvalue weighted by molar-refractivity contribution is 5.95. The van der Waals surface area contributed by atoms with E-state index in [1.165, 1.54) is 6.92 Å². The molecule has 0 saturated heterocycles. The summed E-state index contributed by atoms with van der Waals surface area (Å²) < 4.78 is 5.10. The lowest BCUT2D eigenvalue weighted by atomic mass is 10.1. The third kappa shape index (κ3) is 4.57. The van der Waals surface area contributed by atoms with Crippen molar-refractivity contribution in [3.63, 3.8) is 0 Å². The molecule has 0 heterocycles. The number of hydrogen-bond acceptors (Lipinski definition) is 3. The number of rotatable bonds is 5. The summed E-state index contributed by atoms with van der Waals surface area (Å²) in [5.74, 6) is 0.501. The van der Waals surface area contributed by atoms with E-state index in [2.05, 4.69) is 10.6 Å². The van der Waals surface area contributed by atoms with Crippen LogP contribution in [0.2, 0.25) is 0 Å². The number of carbonyl (C=O) groups excluding carboxylic acids is 2. The number of methoxy groups -OCH3 is 1. The Balaban J connectivity index is 2.06. The van der Waals surface area contributed by atoms with Gasteiger partial charge in [0, 0.05) is 18.3 Å². The van der Waals surface area contributed by atoms with Gasteiger partial charge in [0.05, 0.1) is 13.5 Å². The number of ether oxygens (including phenoxy) is 1. The van der Waals surface area contributed by atoms with Crippen LogP contribution in [0.3, 0.4) is 0 Å². The molecule has 2 N–H and O–H groups in total. The monoisotopic (exact) mass is 312 g/mol. The summed E-state index contributed by atoms with van der Waals surface area (Å²) in [6, 6.07) is 12.8. The highest BCUT2D eigenvalue weighted by Crippen LogP contribution is 2.23. The summed E-state index contributed by atoms with van der Waals surface area (Å²) >= 11 is 0. The molecule has 0 saturated carbocycles. The lowest BCUT2D eigenvalue weighted by Gasteiger charge is -2.13. The second-order valence-electron chi connectivity index (χ2n) is 5.23. The molecule has 0 aliphatic rings. The molecule has 0 aliphatic heterocycles. The maximum Gasteiger partial charge on any atom is 0.228 e. The van der Waals surface area contributed by atoms with Crippen LogP contribution < -0.4 is 15.4 Å². The summed E-state index contributed by atoms with van der Waals surface area (Å²) in [6.07, 6.45) is 0.272. The van der Waals surface area contributed by atoms with Gasteiger partial charge in [0.1, 0.15) is 5.75 Å². The van der Waals surface area contributed by atoms with Gasteiger partial charge in [-0.25, -0.2) is 0 Å². The van der Waals surface area contributed by atoms with Crippen LogP contribution in [0, 0.1) is 6.92 Å². The quantitative estimate of drug-likeness (QED) is 0.891. The molecule has 0 aromatic heterocycles. The van der Waals surface area contributed by atoms with Crippen molar-refractivity contribution in [2.75, 3.05) is 17.7 Å². The molecule has 0 fully saturated rings. The number of anilines is 2. The van der Waals surface area contributed by atoms with E-state index < -0.39 is 0 Å². The van der Waals surface area contributed by atoms with Crippen molar-refractivity contribution < 1.29 is 14.3 Å². The van der Waals surface area contributed by atoms with E-state index in [1.54, 1.807) is 19.2 Å². The van der Waals surface area contributed by atoms with Crippen LogP contribution in [-0.2, 0) is 16.0 Å². The first kappa shape index (κ1) is 16.5. The van der Waals surface area contributed by atoms with Gasteiger partial charge in [-0.05, 0) is 42.3 Å². The molecular formula is C18H20N2O3. The molecule has 0 radical (unpaired) electrons. The molecular weight excluding hydrogens is 292 g/mol. The predicted octanol–water partition coefficient (Wildman–Crippen LogP) is 3.14. The van der Waals surface area contributed by atoms with Crippen molar-refractivity contribution in [3.8, 4) is 5.75 Å². The van der Waals surface area contributed by atoms with E-state index in [-0.39, 0.29) is 18.2 Å². The highest BCUT2D eigenvalue weighted by Gasteiger charge is 2.09. The third-order valence-electron chi connectivity index (χ3n) is 3.44. The second-order valence-corrected chi connectivity index (χ2v) is 5.23. The maximum atomic E-state index is 12.2. The Morgan fingerprint density at radius 3 is 2.17 bits per heavy atom. The molecule has 2 rings (SSSR count). The second kappa shape index (κ2) is 7.45. The van der Waals surface area contributed by atoms with E-state index in [0.29, 0.717) is 11.4 Å². The topological polar surface area (TPSA) is 67.4 Å². The number of amides is 2. The molecule has 120 valence electrons. The lowest BCUT2D eigenvalue weighted by molar-refractivity contribution is -0.115. The Morgan fingerprint density at radius 2 is 1.61 bits per heavy atom. The zero-order chi connectivity index (χ0) is 16.8. The van der Waals surface area contributed by atoms with Gasteiger partial charge in [0.15, 0.2) is 0 Å². The molecule has 2 amide bonds. The van der Waals surface area contributed by atoms with Crippen LogP contribution in [-0.4, -0.2) is 18.9 Å². The standard InChI is InChI=1S/C18H20N2O3/c1-12-16(19-13(2)21)5-4-6-17(12)20-18(22)11-14-7-9-15(23-3)10-8-14/h4-10H,11H2,1-3H3,(H,19,21)(H,20,22). The number of nitrogens with one attached hydrogen (secondary N) is 2. The average Bonchev–Trinajstić information content (AvgIpc) is 2.51. The van der Waals surface area contributed by atoms with Gasteiger partial charge in [-0.2, -0.15) is 0 Å². The van der Waals surface area contributed by atoms with E-state index in [9.17, 15) is 9.59 Å². The van der Waals surface area contributed by atoms with Gasteiger partial charge in [0.2, 0.25) is 11.8 Å². The third-order valence-corrected chi connectivity index (χ3v) is 3.44. The van der Waals surface area contributed by atoms with Crippen LogP contribution in [0.1, 0.15) is 18.1 Å². The van der Waals surface area contributed by atoms with Gasteiger partial charge in [-0.3, -0.25) is 9.59 Å². The van der Waals surface area contributed by atoms with E-state index in [4.69, 9.17) is 4.74 Å². The number of hydrogen-bond donors (Lipinski definition) is 2. The Hall–Kier alpha value is -2.82. The zero-order valence-electron chi connectivity index (χ0n) is 13.5. The Morgan fingerprint density at radius 1 is 1.00 bits per heavy atom. The van der Waals surface area contributed by atoms with Crippen molar-refractivity contribution in [3.05, 3.63) is 53.6 Å². The zero-order valence-corrected chi connectivity index (χ0v) is 13.5. The summed E-state index contributed by atoms with van der Waals surface area (Å²) in [6.45, 7) is 3.31. The summed E-state index contributed by atoms with van der Waals surface area (Å²) in [7, 11) is 1.60. The van der Waals surface area contributed by atoms with Crippen LogP contribution in [0.4, 0.5) is 11.4 Å². The smallest absolute Gasteiger partial charge is 0.228 e. The predicted molar refractivity (Wildman–Crippen MR) is 90.8 cm³/mol. The fourth-order valence-electron chi connectivity index (χ4n) is 2.22. The first-order chi connectivity index (χ1) is 11.0. The largest absolute Gasteiger partial charge is 0.497 e. The van der Waals surface area contributed by atoms with E-state index in [0.717, 1.165) is 16.9 Å². The van der Waals surface area contributed by atoms with Gasteiger partial charge in [-0.1, -0.05) is 18.2 Å². The van der Waals surface area contributed by atoms with Crippen LogP contribution in [0.15, 0.2) is 42.5 Å². The molecule has 2 aromatic carbocycles. The molecule has 0 spiro atoms. The summed E-state index contributed by atoms with van der Waals surface area (Å²) in [4.78, 5) is 23.4. The molecule has 5 heteroatoms. The minimum absolute atomic E-state index is 0.113. The maximum absolute atomic E-state index is 12.2. The van der Waals surface area contributed by atoms with Crippen molar-refractivity contribution in [2.45, 2.75) is 20.3 Å². The van der Waals surface area contributed by atoms with Gasteiger partial charge < -0.3 is 15.4 Å². The fourth-order valence-corrected chi connectivity index (χ4v) is 2.22. The molecule has 0 aliphatic carbocycles. The SMILES string of the molecule is COc1ccc(CC(=O)Nc2cccc(NC(C)=O)c2C)cc1. The van der Waals surface area contributed by atoms with Crippen molar-refractivity contribution in [1.82, 2.24) is 0 Å². The Labute approximate surface area is 135 Å².